The summed E-state index contributed by atoms with van der Waals surface area (Å²) >= 11 is 0. The van der Waals surface area contributed by atoms with Crippen molar-refractivity contribution in [3.63, 3.8) is 0 Å². The van der Waals surface area contributed by atoms with Gasteiger partial charge in [-0.2, -0.15) is 0 Å². The molecule has 1 fully saturated rings. The first kappa shape index (κ1) is 21.7. The summed E-state index contributed by atoms with van der Waals surface area (Å²) in [5, 5.41) is 0. The first-order chi connectivity index (χ1) is 15.7. The van der Waals surface area contributed by atoms with Gasteiger partial charge in [0.25, 0.3) is 5.91 Å². The van der Waals surface area contributed by atoms with Gasteiger partial charge in [0.15, 0.2) is 0 Å². The third-order valence-corrected chi connectivity index (χ3v) is 5.50. The summed E-state index contributed by atoms with van der Waals surface area (Å²) in [6, 6.07) is 21.8. The van der Waals surface area contributed by atoms with E-state index < -0.39 is 0 Å². The van der Waals surface area contributed by atoms with Crippen LogP contribution in [0.5, 0.6) is 11.5 Å². The maximum atomic E-state index is 14.1. The fraction of sp³-hybridized carbons (Fsp3) is 0.269. The van der Waals surface area contributed by atoms with Crippen LogP contribution >= 0.6 is 0 Å². The summed E-state index contributed by atoms with van der Waals surface area (Å²) in [4.78, 5) is 17.0. The molecule has 0 unspecified atom stereocenters. The maximum Gasteiger partial charge on any atom is 0.253 e. The Labute approximate surface area is 188 Å². The van der Waals surface area contributed by atoms with Gasteiger partial charge in [-0.05, 0) is 49.4 Å². The van der Waals surface area contributed by atoms with E-state index in [-0.39, 0.29) is 11.7 Å². The van der Waals surface area contributed by atoms with Gasteiger partial charge in [-0.3, -0.25) is 4.79 Å². The molecule has 1 aliphatic heterocycles. The number of piperazine rings is 1. The number of amides is 1. The SMILES string of the molecule is CCOc1ccc(C(=O)N2CCN(c3ccccc3F)CC2)cc1COc1ccccc1. The van der Waals surface area contributed by atoms with Gasteiger partial charge >= 0.3 is 0 Å². The fourth-order valence-corrected chi connectivity index (χ4v) is 3.84. The Morgan fingerprint density at radius 3 is 2.34 bits per heavy atom. The van der Waals surface area contributed by atoms with Crippen molar-refractivity contribution in [2.24, 2.45) is 0 Å². The van der Waals surface area contributed by atoms with Crippen LogP contribution in [0.2, 0.25) is 0 Å². The number of ether oxygens (including phenoxy) is 2. The first-order valence-corrected chi connectivity index (χ1v) is 10.9. The molecule has 5 nitrogen and oxygen atoms in total. The summed E-state index contributed by atoms with van der Waals surface area (Å²) < 4.78 is 25.7. The largest absolute Gasteiger partial charge is 0.493 e. The monoisotopic (exact) mass is 434 g/mol. The van der Waals surface area contributed by atoms with Crippen LogP contribution in [-0.4, -0.2) is 43.6 Å². The molecule has 6 heteroatoms. The molecule has 1 aliphatic rings. The van der Waals surface area contributed by atoms with Crippen LogP contribution < -0.4 is 14.4 Å². The van der Waals surface area contributed by atoms with E-state index in [0.29, 0.717) is 56.4 Å². The second-order valence-electron chi connectivity index (χ2n) is 7.59. The molecule has 0 N–H and O–H groups in total. The zero-order valence-electron chi connectivity index (χ0n) is 18.2. The smallest absolute Gasteiger partial charge is 0.253 e. The van der Waals surface area contributed by atoms with Crippen LogP contribution in [0.4, 0.5) is 10.1 Å². The minimum atomic E-state index is -0.234. The fourth-order valence-electron chi connectivity index (χ4n) is 3.84. The highest BCUT2D eigenvalue weighted by Gasteiger charge is 2.24. The molecule has 0 atom stereocenters. The number of nitrogens with zero attached hydrogens (tertiary/aromatic N) is 2. The van der Waals surface area contributed by atoms with E-state index in [4.69, 9.17) is 9.47 Å². The van der Waals surface area contributed by atoms with E-state index in [0.717, 1.165) is 11.3 Å². The molecule has 0 saturated carbocycles. The van der Waals surface area contributed by atoms with Gasteiger partial charge in [-0.1, -0.05) is 30.3 Å². The van der Waals surface area contributed by atoms with Crippen LogP contribution in [0, 0.1) is 5.82 Å². The van der Waals surface area contributed by atoms with Gasteiger partial charge in [0.1, 0.15) is 23.9 Å². The summed E-state index contributed by atoms with van der Waals surface area (Å²) in [5.41, 5.74) is 2.01. The molecular formula is C26H27FN2O3. The molecule has 4 rings (SSSR count). The van der Waals surface area contributed by atoms with E-state index >= 15 is 0 Å². The van der Waals surface area contributed by atoms with E-state index in [1.54, 1.807) is 18.2 Å². The van der Waals surface area contributed by atoms with Crippen LogP contribution in [0.1, 0.15) is 22.8 Å². The van der Waals surface area contributed by atoms with Gasteiger partial charge < -0.3 is 19.3 Å². The summed E-state index contributed by atoms with van der Waals surface area (Å²) in [6.45, 7) is 5.02. The van der Waals surface area contributed by atoms with Crippen molar-refractivity contribution in [3.8, 4) is 11.5 Å². The Balaban J connectivity index is 1.44. The number of rotatable bonds is 7. The third-order valence-electron chi connectivity index (χ3n) is 5.50. The highest BCUT2D eigenvalue weighted by Crippen LogP contribution is 2.25. The molecule has 32 heavy (non-hydrogen) atoms. The Morgan fingerprint density at radius 1 is 0.906 bits per heavy atom. The minimum absolute atomic E-state index is 0.0396. The van der Waals surface area contributed by atoms with Crippen LogP contribution in [0.25, 0.3) is 0 Å². The normalized spacial score (nSPS) is 13.7. The summed E-state index contributed by atoms with van der Waals surface area (Å²) in [5.74, 6) is 1.20. The molecule has 1 heterocycles. The average molecular weight is 435 g/mol. The van der Waals surface area contributed by atoms with Gasteiger partial charge in [-0.25, -0.2) is 4.39 Å². The van der Waals surface area contributed by atoms with Gasteiger partial charge in [0.2, 0.25) is 0 Å². The van der Waals surface area contributed by atoms with Crippen molar-refractivity contribution in [1.29, 1.82) is 0 Å². The summed E-state index contributed by atoms with van der Waals surface area (Å²) in [6.07, 6.45) is 0. The van der Waals surface area contributed by atoms with E-state index in [1.165, 1.54) is 6.07 Å². The Hall–Kier alpha value is -3.54. The Bertz CT molecular complexity index is 1050. The number of para-hydroxylation sites is 2. The number of carbonyl (C=O) groups is 1. The quantitative estimate of drug-likeness (QED) is 0.537. The second kappa shape index (κ2) is 10.2. The van der Waals surface area contributed by atoms with Crippen LogP contribution in [0.3, 0.4) is 0 Å². The molecule has 0 radical (unpaired) electrons. The third kappa shape index (κ3) is 5.02. The number of anilines is 1. The van der Waals surface area contributed by atoms with E-state index in [9.17, 15) is 9.18 Å². The minimum Gasteiger partial charge on any atom is -0.493 e. The van der Waals surface area contributed by atoms with Crippen molar-refractivity contribution >= 4 is 11.6 Å². The summed E-state index contributed by atoms with van der Waals surface area (Å²) in [7, 11) is 0. The van der Waals surface area contributed by atoms with E-state index in [1.807, 2.05) is 65.3 Å². The molecule has 1 amide bonds. The molecule has 1 saturated heterocycles. The number of hydrogen-bond donors (Lipinski definition) is 0. The van der Waals surface area contributed by atoms with Crippen LogP contribution in [0.15, 0.2) is 72.8 Å². The predicted molar refractivity (Wildman–Crippen MR) is 123 cm³/mol. The average Bonchev–Trinajstić information content (AvgIpc) is 2.84. The zero-order valence-corrected chi connectivity index (χ0v) is 18.2. The number of halogens is 1. The van der Waals surface area contributed by atoms with Crippen molar-refractivity contribution in [1.82, 2.24) is 4.90 Å². The molecule has 0 spiro atoms. The van der Waals surface area contributed by atoms with Crippen molar-refractivity contribution in [2.45, 2.75) is 13.5 Å². The standard InChI is InChI=1S/C26H27FN2O3/c1-2-31-25-13-12-20(18-21(25)19-32-22-8-4-3-5-9-22)26(30)29-16-14-28(15-17-29)24-11-7-6-10-23(24)27/h3-13,18H,2,14-17,19H2,1H3. The molecule has 166 valence electrons. The molecule has 0 aromatic heterocycles. The lowest BCUT2D eigenvalue weighted by atomic mass is 10.1. The molecular weight excluding hydrogens is 407 g/mol. The van der Waals surface area contributed by atoms with Crippen molar-refractivity contribution < 1.29 is 18.7 Å². The maximum absolute atomic E-state index is 14.1. The van der Waals surface area contributed by atoms with Crippen LogP contribution in [-0.2, 0) is 6.61 Å². The molecule has 0 bridgehead atoms. The Morgan fingerprint density at radius 2 is 1.62 bits per heavy atom. The molecule has 3 aromatic carbocycles. The lowest BCUT2D eigenvalue weighted by Gasteiger charge is -2.36. The van der Waals surface area contributed by atoms with E-state index in [2.05, 4.69) is 0 Å². The number of carbonyl (C=O) groups excluding carboxylic acids is 1. The van der Waals surface area contributed by atoms with Crippen molar-refractivity contribution in [2.75, 3.05) is 37.7 Å². The van der Waals surface area contributed by atoms with Gasteiger partial charge in [0.05, 0.1) is 12.3 Å². The zero-order chi connectivity index (χ0) is 22.3. The predicted octanol–water partition coefficient (Wildman–Crippen LogP) is 4.77. The van der Waals surface area contributed by atoms with Crippen molar-refractivity contribution in [3.05, 3.63) is 89.7 Å². The van der Waals surface area contributed by atoms with Gasteiger partial charge in [-0.15, -0.1) is 0 Å². The highest BCUT2D eigenvalue weighted by atomic mass is 19.1. The first-order valence-electron chi connectivity index (χ1n) is 10.9. The number of hydrogen-bond acceptors (Lipinski definition) is 4. The lowest BCUT2D eigenvalue weighted by molar-refractivity contribution is 0.0746. The Kier molecular flexibility index (Phi) is 6.90. The topological polar surface area (TPSA) is 42.0 Å². The highest BCUT2D eigenvalue weighted by molar-refractivity contribution is 5.94. The van der Waals surface area contributed by atoms with Gasteiger partial charge in [0, 0.05) is 37.3 Å². The number of benzene rings is 3. The molecule has 0 aliphatic carbocycles. The lowest BCUT2D eigenvalue weighted by Crippen LogP contribution is -2.49. The second-order valence-corrected chi connectivity index (χ2v) is 7.59. The molecule has 3 aromatic rings.